The average molecular weight is 313 g/mol. The summed E-state index contributed by atoms with van der Waals surface area (Å²) >= 11 is 0. The Morgan fingerprint density at radius 1 is 1.09 bits per heavy atom. The summed E-state index contributed by atoms with van der Waals surface area (Å²) in [5, 5.41) is 3.62. The van der Waals surface area contributed by atoms with Crippen LogP contribution >= 0.6 is 0 Å². The highest BCUT2D eigenvalue weighted by molar-refractivity contribution is 5.82. The van der Waals surface area contributed by atoms with Crippen molar-refractivity contribution in [1.82, 2.24) is 9.97 Å². The molecule has 4 rings (SSSR count). The second-order valence-electron chi connectivity index (χ2n) is 5.44. The van der Waals surface area contributed by atoms with Crippen molar-refractivity contribution in [2.75, 3.05) is 5.32 Å². The first-order valence-corrected chi connectivity index (χ1v) is 7.37. The zero-order chi connectivity index (χ0) is 14.1. The molecule has 1 atom stereocenters. The fourth-order valence-corrected chi connectivity index (χ4v) is 3.12. The van der Waals surface area contributed by atoms with Gasteiger partial charge in [-0.05, 0) is 42.5 Å². The van der Waals surface area contributed by atoms with Gasteiger partial charge in [0, 0.05) is 6.20 Å². The molecule has 2 aromatic heterocycles. The molecule has 3 aromatic rings. The zero-order valence-corrected chi connectivity index (χ0v) is 12.8. The van der Waals surface area contributed by atoms with Crippen LogP contribution in [-0.4, -0.2) is 9.97 Å². The van der Waals surface area contributed by atoms with E-state index in [-0.39, 0.29) is 12.4 Å². The number of anilines is 1. The molecule has 2 N–H and O–H groups in total. The SMILES string of the molecule is [Cl-].c1ccc2c(c1)CCCC2Nc1[nH+]cnc2cccnc12. The number of hydrogen-bond donors (Lipinski definition) is 1. The van der Waals surface area contributed by atoms with E-state index in [1.165, 1.54) is 24.0 Å². The molecule has 2 heterocycles. The first kappa shape index (κ1) is 14.7. The molecule has 0 saturated carbocycles. The van der Waals surface area contributed by atoms with Gasteiger partial charge in [0.2, 0.25) is 12.1 Å². The molecular formula is C17H17ClN4. The molecule has 0 aliphatic heterocycles. The summed E-state index contributed by atoms with van der Waals surface area (Å²) in [4.78, 5) is 12.0. The van der Waals surface area contributed by atoms with Crippen LogP contribution in [0.5, 0.6) is 0 Å². The Hall–Kier alpha value is -2.20. The predicted molar refractivity (Wildman–Crippen MR) is 81.8 cm³/mol. The van der Waals surface area contributed by atoms with Gasteiger partial charge in [0.15, 0.2) is 11.0 Å². The molecular weight excluding hydrogens is 296 g/mol. The summed E-state index contributed by atoms with van der Waals surface area (Å²) in [6.45, 7) is 0. The molecule has 0 spiro atoms. The minimum absolute atomic E-state index is 0. The van der Waals surface area contributed by atoms with Crippen molar-refractivity contribution >= 4 is 16.9 Å². The fraction of sp³-hybridized carbons (Fsp3) is 0.235. The number of aryl methyl sites for hydroxylation is 1. The van der Waals surface area contributed by atoms with E-state index < -0.39 is 0 Å². The van der Waals surface area contributed by atoms with Crippen molar-refractivity contribution < 1.29 is 17.4 Å². The lowest BCUT2D eigenvalue weighted by Crippen LogP contribution is -3.00. The van der Waals surface area contributed by atoms with Crippen LogP contribution in [0.2, 0.25) is 0 Å². The van der Waals surface area contributed by atoms with Gasteiger partial charge in [-0.15, -0.1) is 4.98 Å². The molecule has 0 radical (unpaired) electrons. The molecule has 5 heteroatoms. The van der Waals surface area contributed by atoms with Crippen LogP contribution in [0.4, 0.5) is 5.82 Å². The number of nitrogens with zero attached hydrogens (tertiary/aromatic N) is 2. The molecule has 0 saturated heterocycles. The van der Waals surface area contributed by atoms with Gasteiger partial charge in [-0.25, -0.2) is 9.97 Å². The summed E-state index contributed by atoms with van der Waals surface area (Å²) < 4.78 is 0. The fourth-order valence-electron chi connectivity index (χ4n) is 3.12. The van der Waals surface area contributed by atoms with Crippen LogP contribution < -0.4 is 22.7 Å². The van der Waals surface area contributed by atoms with Gasteiger partial charge >= 0.3 is 0 Å². The molecule has 1 aliphatic rings. The third-order valence-corrected chi connectivity index (χ3v) is 4.12. The monoisotopic (exact) mass is 312 g/mol. The summed E-state index contributed by atoms with van der Waals surface area (Å²) in [5.74, 6) is 0.947. The van der Waals surface area contributed by atoms with Gasteiger partial charge in [0.05, 0.1) is 6.04 Å². The number of rotatable bonds is 2. The van der Waals surface area contributed by atoms with Crippen LogP contribution in [0.3, 0.4) is 0 Å². The van der Waals surface area contributed by atoms with Crippen molar-refractivity contribution in [3.63, 3.8) is 0 Å². The molecule has 22 heavy (non-hydrogen) atoms. The maximum absolute atomic E-state index is 4.45. The van der Waals surface area contributed by atoms with E-state index >= 15 is 0 Å². The van der Waals surface area contributed by atoms with Crippen LogP contribution in [0.25, 0.3) is 11.0 Å². The number of halogens is 1. The predicted octanol–water partition coefficient (Wildman–Crippen LogP) is -0.0626. The van der Waals surface area contributed by atoms with E-state index in [9.17, 15) is 0 Å². The Kier molecular flexibility index (Phi) is 4.20. The van der Waals surface area contributed by atoms with Crippen LogP contribution in [0.15, 0.2) is 48.9 Å². The largest absolute Gasteiger partial charge is 1.00 e. The zero-order valence-electron chi connectivity index (χ0n) is 12.1. The van der Waals surface area contributed by atoms with E-state index in [2.05, 4.69) is 44.5 Å². The Morgan fingerprint density at radius 2 is 2.00 bits per heavy atom. The third kappa shape index (κ3) is 2.62. The highest BCUT2D eigenvalue weighted by atomic mass is 35.5. The average Bonchev–Trinajstić information content (AvgIpc) is 2.56. The van der Waals surface area contributed by atoms with Gasteiger partial charge in [-0.3, -0.25) is 5.32 Å². The number of H-pyrrole nitrogens is 1. The molecule has 0 amide bonds. The summed E-state index contributed by atoms with van der Waals surface area (Å²) in [7, 11) is 0. The maximum Gasteiger partial charge on any atom is 0.249 e. The normalized spacial score (nSPS) is 16.6. The number of benzene rings is 1. The first-order chi connectivity index (χ1) is 10.4. The Morgan fingerprint density at radius 3 is 2.95 bits per heavy atom. The van der Waals surface area contributed by atoms with Gasteiger partial charge < -0.3 is 12.4 Å². The highest BCUT2D eigenvalue weighted by Gasteiger charge is 2.23. The number of aromatic amines is 1. The van der Waals surface area contributed by atoms with E-state index in [1.54, 1.807) is 12.5 Å². The first-order valence-electron chi connectivity index (χ1n) is 7.37. The molecule has 1 aliphatic carbocycles. The standard InChI is InChI=1S/C17H16N4.ClH/c1-2-7-13-12(5-1)6-3-8-14(13)21-17-16-15(19-11-20-17)9-4-10-18-16;/h1-2,4-5,7,9-11,14H,3,6,8H2,(H,19,20,21);1H. The minimum atomic E-state index is 0. The second kappa shape index (κ2) is 6.28. The lowest BCUT2D eigenvalue weighted by atomic mass is 9.88. The number of pyridine rings is 1. The molecule has 112 valence electrons. The number of aromatic nitrogens is 3. The Bertz CT molecular complexity index is 785. The van der Waals surface area contributed by atoms with Gasteiger partial charge in [0.25, 0.3) is 0 Å². The highest BCUT2D eigenvalue weighted by Crippen LogP contribution is 2.32. The molecule has 1 unspecified atom stereocenters. The van der Waals surface area contributed by atoms with E-state index in [1.807, 2.05) is 12.1 Å². The van der Waals surface area contributed by atoms with Crippen LogP contribution in [-0.2, 0) is 6.42 Å². The molecule has 1 aromatic carbocycles. The summed E-state index contributed by atoms with van der Waals surface area (Å²) in [5.41, 5.74) is 4.65. The summed E-state index contributed by atoms with van der Waals surface area (Å²) in [6, 6.07) is 12.9. The third-order valence-electron chi connectivity index (χ3n) is 4.12. The smallest absolute Gasteiger partial charge is 0.249 e. The molecule has 0 bridgehead atoms. The second-order valence-corrected chi connectivity index (χ2v) is 5.44. The van der Waals surface area contributed by atoms with E-state index in [0.717, 1.165) is 23.3 Å². The van der Waals surface area contributed by atoms with Gasteiger partial charge in [0.1, 0.15) is 0 Å². The van der Waals surface area contributed by atoms with Crippen LogP contribution in [0.1, 0.15) is 30.0 Å². The summed E-state index contributed by atoms with van der Waals surface area (Å²) in [6.07, 6.45) is 7.05. The topological polar surface area (TPSA) is 52.0 Å². The lowest BCUT2D eigenvalue weighted by molar-refractivity contribution is -0.364. The number of nitrogens with one attached hydrogen (secondary N) is 2. The van der Waals surface area contributed by atoms with Crippen molar-refractivity contribution in [2.45, 2.75) is 25.3 Å². The van der Waals surface area contributed by atoms with Crippen molar-refractivity contribution in [3.8, 4) is 0 Å². The molecule has 4 nitrogen and oxygen atoms in total. The number of fused-ring (bicyclic) bond motifs is 2. The number of hydrogen-bond acceptors (Lipinski definition) is 3. The van der Waals surface area contributed by atoms with E-state index in [0.29, 0.717) is 6.04 Å². The molecule has 0 fully saturated rings. The Balaban J connectivity index is 0.00000144. The van der Waals surface area contributed by atoms with Gasteiger partial charge in [-0.2, -0.15) is 0 Å². The maximum atomic E-state index is 4.45. The minimum Gasteiger partial charge on any atom is -1.00 e. The van der Waals surface area contributed by atoms with E-state index in [4.69, 9.17) is 0 Å². The van der Waals surface area contributed by atoms with Crippen molar-refractivity contribution in [3.05, 3.63) is 60.0 Å². The van der Waals surface area contributed by atoms with Crippen LogP contribution in [0, 0.1) is 0 Å². The van der Waals surface area contributed by atoms with Crippen molar-refractivity contribution in [1.29, 1.82) is 0 Å². The quantitative estimate of drug-likeness (QED) is 0.721. The lowest BCUT2D eigenvalue weighted by Gasteiger charge is -2.24. The van der Waals surface area contributed by atoms with Crippen molar-refractivity contribution in [2.24, 2.45) is 0 Å². The Labute approximate surface area is 135 Å². The van der Waals surface area contributed by atoms with Gasteiger partial charge in [-0.1, -0.05) is 24.3 Å².